The molecule has 1 aliphatic rings. The molecule has 2 rings (SSSR count). The van der Waals surface area contributed by atoms with Gasteiger partial charge in [-0.15, -0.1) is 0 Å². The van der Waals surface area contributed by atoms with E-state index in [-0.39, 0.29) is 5.91 Å². The molecule has 98 valence electrons. The molecule has 0 bridgehead atoms. The fraction of sp³-hybridized carbons (Fsp3) is 0.462. The fourth-order valence-electron chi connectivity index (χ4n) is 2.09. The van der Waals surface area contributed by atoms with Crippen LogP contribution >= 0.6 is 0 Å². The summed E-state index contributed by atoms with van der Waals surface area (Å²) in [7, 11) is 0. The van der Waals surface area contributed by atoms with Gasteiger partial charge in [0.15, 0.2) is 0 Å². The van der Waals surface area contributed by atoms with Crippen molar-refractivity contribution in [3.63, 3.8) is 0 Å². The summed E-state index contributed by atoms with van der Waals surface area (Å²) >= 11 is 0. The van der Waals surface area contributed by atoms with Crippen molar-refractivity contribution in [1.82, 2.24) is 10.2 Å². The lowest BCUT2D eigenvalue weighted by atomic mass is 10.1. The average molecular weight is 249 g/mol. The maximum absolute atomic E-state index is 11.4. The maximum atomic E-state index is 11.4. The summed E-state index contributed by atoms with van der Waals surface area (Å²) in [5.41, 5.74) is 7.11. The second-order valence-corrected chi connectivity index (χ2v) is 4.62. The van der Waals surface area contributed by atoms with Crippen molar-refractivity contribution in [2.45, 2.75) is 12.5 Å². The molecule has 1 aliphatic heterocycles. The first-order valence-corrected chi connectivity index (χ1v) is 6.18. The number of β-amino-alcohol motifs (C(OH)–C–C–N with tert-alkyl or cyclic N) is 1. The predicted octanol–water partition coefficient (Wildman–Crippen LogP) is 0.124. The van der Waals surface area contributed by atoms with E-state index in [0.29, 0.717) is 25.3 Å². The molecule has 1 aromatic rings. The molecule has 1 aromatic carbocycles. The van der Waals surface area contributed by atoms with Crippen LogP contribution in [0.2, 0.25) is 0 Å². The quantitative estimate of drug-likeness (QED) is 0.665. The van der Waals surface area contributed by atoms with Crippen molar-refractivity contribution < 1.29 is 9.90 Å². The van der Waals surface area contributed by atoms with E-state index < -0.39 is 6.10 Å². The zero-order valence-corrected chi connectivity index (χ0v) is 10.3. The van der Waals surface area contributed by atoms with E-state index in [4.69, 9.17) is 5.73 Å². The molecule has 4 N–H and O–H groups in total. The SMILES string of the molecule is Nc1ccc(C(O)CN2CCCNC(=O)C2)cc1. The Bertz CT molecular complexity index is 405. The Morgan fingerprint density at radius 2 is 2.11 bits per heavy atom. The number of nitrogens with zero attached hydrogens (tertiary/aromatic N) is 1. The number of aliphatic hydroxyl groups is 1. The van der Waals surface area contributed by atoms with Gasteiger partial charge in [-0.2, -0.15) is 0 Å². The highest BCUT2D eigenvalue weighted by molar-refractivity contribution is 5.78. The van der Waals surface area contributed by atoms with E-state index in [0.717, 1.165) is 18.5 Å². The van der Waals surface area contributed by atoms with Crippen LogP contribution in [0.15, 0.2) is 24.3 Å². The molecular formula is C13H19N3O2. The van der Waals surface area contributed by atoms with Crippen LogP contribution in [-0.2, 0) is 4.79 Å². The van der Waals surface area contributed by atoms with E-state index in [1.807, 2.05) is 17.0 Å². The Hall–Kier alpha value is -1.59. The third-order valence-corrected chi connectivity index (χ3v) is 3.09. The molecule has 0 aromatic heterocycles. The van der Waals surface area contributed by atoms with Gasteiger partial charge in [0.1, 0.15) is 0 Å². The lowest BCUT2D eigenvalue weighted by Crippen LogP contribution is -2.35. The number of hydrogen-bond donors (Lipinski definition) is 3. The van der Waals surface area contributed by atoms with Gasteiger partial charge >= 0.3 is 0 Å². The predicted molar refractivity (Wildman–Crippen MR) is 69.9 cm³/mol. The Kier molecular flexibility index (Phi) is 4.17. The van der Waals surface area contributed by atoms with Gasteiger partial charge in [-0.1, -0.05) is 12.1 Å². The molecule has 1 heterocycles. The first-order chi connectivity index (χ1) is 8.65. The molecule has 1 amide bonds. The Balaban J connectivity index is 1.95. The Labute approximate surface area is 107 Å². The number of rotatable bonds is 3. The molecule has 1 fully saturated rings. The topological polar surface area (TPSA) is 78.6 Å². The van der Waals surface area contributed by atoms with E-state index in [2.05, 4.69) is 5.32 Å². The van der Waals surface area contributed by atoms with Crippen LogP contribution in [0.25, 0.3) is 0 Å². The number of hydrogen-bond acceptors (Lipinski definition) is 4. The van der Waals surface area contributed by atoms with Crippen LogP contribution in [0, 0.1) is 0 Å². The zero-order valence-electron chi connectivity index (χ0n) is 10.3. The summed E-state index contributed by atoms with van der Waals surface area (Å²) in [6, 6.07) is 7.18. The van der Waals surface area contributed by atoms with E-state index in [1.165, 1.54) is 0 Å². The molecule has 0 spiro atoms. The lowest BCUT2D eigenvalue weighted by Gasteiger charge is -2.22. The Morgan fingerprint density at radius 1 is 1.39 bits per heavy atom. The summed E-state index contributed by atoms with van der Waals surface area (Å²) in [6.07, 6.45) is 0.330. The number of benzene rings is 1. The van der Waals surface area contributed by atoms with Crippen molar-refractivity contribution >= 4 is 11.6 Å². The number of amides is 1. The summed E-state index contributed by atoms with van der Waals surface area (Å²) in [5.74, 6) is 0.0250. The monoisotopic (exact) mass is 249 g/mol. The van der Waals surface area contributed by atoms with Gasteiger partial charge in [-0.3, -0.25) is 9.69 Å². The van der Waals surface area contributed by atoms with Crippen LogP contribution < -0.4 is 11.1 Å². The van der Waals surface area contributed by atoms with E-state index >= 15 is 0 Å². The molecule has 5 nitrogen and oxygen atoms in total. The molecule has 5 heteroatoms. The van der Waals surface area contributed by atoms with E-state index in [1.54, 1.807) is 12.1 Å². The van der Waals surface area contributed by atoms with Crippen molar-refractivity contribution in [1.29, 1.82) is 0 Å². The van der Waals surface area contributed by atoms with Crippen LogP contribution in [0.3, 0.4) is 0 Å². The van der Waals surface area contributed by atoms with Gasteiger partial charge in [0.25, 0.3) is 0 Å². The highest BCUT2D eigenvalue weighted by atomic mass is 16.3. The van der Waals surface area contributed by atoms with Crippen molar-refractivity contribution in [3.8, 4) is 0 Å². The van der Waals surface area contributed by atoms with Gasteiger partial charge < -0.3 is 16.2 Å². The minimum atomic E-state index is -0.587. The van der Waals surface area contributed by atoms with Crippen LogP contribution in [0.5, 0.6) is 0 Å². The van der Waals surface area contributed by atoms with Crippen molar-refractivity contribution in [3.05, 3.63) is 29.8 Å². The van der Waals surface area contributed by atoms with Gasteiger partial charge in [0.2, 0.25) is 5.91 Å². The van der Waals surface area contributed by atoms with Crippen LogP contribution in [-0.4, -0.2) is 42.1 Å². The normalized spacial score (nSPS) is 19.1. The summed E-state index contributed by atoms with van der Waals surface area (Å²) in [5, 5.41) is 12.9. The number of nitrogens with one attached hydrogen (secondary N) is 1. The lowest BCUT2D eigenvalue weighted by molar-refractivity contribution is -0.121. The number of anilines is 1. The molecule has 1 atom stereocenters. The summed E-state index contributed by atoms with van der Waals surface area (Å²) in [4.78, 5) is 13.4. The molecule has 18 heavy (non-hydrogen) atoms. The fourth-order valence-corrected chi connectivity index (χ4v) is 2.09. The molecule has 1 saturated heterocycles. The molecule has 0 saturated carbocycles. The Morgan fingerprint density at radius 3 is 2.83 bits per heavy atom. The number of nitrogen functional groups attached to an aromatic ring is 1. The highest BCUT2D eigenvalue weighted by Gasteiger charge is 2.18. The smallest absolute Gasteiger partial charge is 0.234 e. The minimum absolute atomic E-state index is 0.0250. The molecule has 0 radical (unpaired) electrons. The second-order valence-electron chi connectivity index (χ2n) is 4.62. The summed E-state index contributed by atoms with van der Waals surface area (Å²) < 4.78 is 0. The van der Waals surface area contributed by atoms with Crippen LogP contribution in [0.4, 0.5) is 5.69 Å². The third kappa shape index (κ3) is 3.45. The number of carbonyl (C=O) groups excluding carboxylic acids is 1. The first-order valence-electron chi connectivity index (χ1n) is 6.18. The molecule has 0 aliphatic carbocycles. The largest absolute Gasteiger partial charge is 0.399 e. The third-order valence-electron chi connectivity index (χ3n) is 3.09. The number of aliphatic hydroxyl groups excluding tert-OH is 1. The number of nitrogens with two attached hydrogens (primary N) is 1. The van der Waals surface area contributed by atoms with Gasteiger partial charge in [0.05, 0.1) is 12.6 Å². The van der Waals surface area contributed by atoms with Gasteiger partial charge in [-0.05, 0) is 24.1 Å². The molecule has 1 unspecified atom stereocenters. The molecular weight excluding hydrogens is 230 g/mol. The van der Waals surface area contributed by atoms with Crippen molar-refractivity contribution in [2.24, 2.45) is 0 Å². The zero-order chi connectivity index (χ0) is 13.0. The minimum Gasteiger partial charge on any atom is -0.399 e. The second kappa shape index (κ2) is 5.84. The maximum Gasteiger partial charge on any atom is 0.234 e. The highest BCUT2D eigenvalue weighted by Crippen LogP contribution is 2.16. The van der Waals surface area contributed by atoms with Crippen LogP contribution in [0.1, 0.15) is 18.1 Å². The summed E-state index contributed by atoms with van der Waals surface area (Å²) in [6.45, 7) is 2.36. The van der Waals surface area contributed by atoms with Gasteiger partial charge in [-0.25, -0.2) is 0 Å². The average Bonchev–Trinajstić information content (AvgIpc) is 2.54. The van der Waals surface area contributed by atoms with Crippen molar-refractivity contribution in [2.75, 3.05) is 31.9 Å². The van der Waals surface area contributed by atoms with E-state index in [9.17, 15) is 9.90 Å². The standard InChI is InChI=1S/C13H19N3O2/c14-11-4-2-10(3-5-11)12(17)8-16-7-1-6-15-13(18)9-16/h2-5,12,17H,1,6-9,14H2,(H,15,18). The van der Waals surface area contributed by atoms with Gasteiger partial charge in [0, 0.05) is 25.3 Å². The number of carbonyl (C=O) groups is 1. The first kappa shape index (κ1) is 12.9.